The molecule has 2 aliphatic heterocycles. The number of hydrogen-bond acceptors (Lipinski definition) is 4. The summed E-state index contributed by atoms with van der Waals surface area (Å²) in [6.45, 7) is 0. The average Bonchev–Trinajstić information content (AvgIpc) is 3.04. The molecule has 2 bridgehead atoms. The Labute approximate surface area is 135 Å². The van der Waals surface area contributed by atoms with E-state index in [9.17, 15) is 4.79 Å². The molecule has 4 rings (SSSR count). The summed E-state index contributed by atoms with van der Waals surface area (Å²) in [5.41, 5.74) is 1.28. The fraction of sp³-hybridized carbons (Fsp3) is 0.529. The minimum absolute atomic E-state index is 0.0876. The smallest absolute Gasteiger partial charge is 0.272 e. The second-order valence-electron chi connectivity index (χ2n) is 6.68. The predicted octanol–water partition coefficient (Wildman–Crippen LogP) is 1.93. The lowest BCUT2D eigenvalue weighted by Crippen LogP contribution is -2.48. The molecule has 2 aliphatic rings. The third-order valence-electron chi connectivity index (χ3n) is 5.42. The molecule has 2 N–H and O–H groups in total. The topological polar surface area (TPSA) is 70.2 Å². The molecule has 6 nitrogen and oxygen atoms in total. The summed E-state index contributed by atoms with van der Waals surface area (Å²) in [5.74, 6) is 0.662. The number of hydrogen-bond donors (Lipinski definition) is 2. The van der Waals surface area contributed by atoms with Crippen molar-refractivity contribution in [3.8, 4) is 5.75 Å². The highest BCUT2D eigenvalue weighted by Crippen LogP contribution is 2.34. The monoisotopic (exact) mass is 314 g/mol. The minimum Gasteiger partial charge on any atom is -0.497 e. The molecule has 122 valence electrons. The molecule has 2 aromatic rings. The predicted molar refractivity (Wildman–Crippen MR) is 87.7 cm³/mol. The highest BCUT2D eigenvalue weighted by atomic mass is 16.5. The van der Waals surface area contributed by atoms with Gasteiger partial charge in [0, 0.05) is 29.6 Å². The fourth-order valence-corrected chi connectivity index (χ4v) is 4.08. The number of carbonyl (C=O) groups is 1. The molecule has 2 fully saturated rings. The Morgan fingerprint density at radius 1 is 1.35 bits per heavy atom. The van der Waals surface area contributed by atoms with Gasteiger partial charge >= 0.3 is 0 Å². The molecule has 1 aromatic carbocycles. The first-order valence-corrected chi connectivity index (χ1v) is 8.20. The van der Waals surface area contributed by atoms with Gasteiger partial charge in [0.2, 0.25) is 0 Å². The van der Waals surface area contributed by atoms with Gasteiger partial charge in [0.05, 0.1) is 12.6 Å². The molecule has 0 aliphatic carbocycles. The molecule has 0 spiro atoms. The van der Waals surface area contributed by atoms with Crippen molar-refractivity contribution in [2.24, 2.45) is 0 Å². The van der Waals surface area contributed by atoms with Gasteiger partial charge in [-0.2, -0.15) is 5.10 Å². The van der Waals surface area contributed by atoms with Crippen molar-refractivity contribution in [3.05, 3.63) is 23.9 Å². The van der Waals surface area contributed by atoms with Gasteiger partial charge in [-0.25, -0.2) is 0 Å². The second-order valence-corrected chi connectivity index (χ2v) is 6.68. The highest BCUT2D eigenvalue weighted by molar-refractivity contribution is 6.05. The molecular weight excluding hydrogens is 292 g/mol. The van der Waals surface area contributed by atoms with Gasteiger partial charge in [-0.15, -0.1) is 0 Å². The van der Waals surface area contributed by atoms with Crippen molar-refractivity contribution in [2.45, 2.75) is 43.8 Å². The molecule has 3 atom stereocenters. The van der Waals surface area contributed by atoms with Gasteiger partial charge in [0.1, 0.15) is 5.75 Å². The summed E-state index contributed by atoms with van der Waals surface area (Å²) in [6.07, 6.45) is 4.57. The maximum absolute atomic E-state index is 12.6. The second kappa shape index (κ2) is 5.53. The largest absolute Gasteiger partial charge is 0.497 e. The van der Waals surface area contributed by atoms with Crippen molar-refractivity contribution in [1.29, 1.82) is 0 Å². The standard InChI is InChI=1S/C17H22N4O2/c1-21-11-3-4-12(21)8-10(7-11)18-17(22)16-14-6-5-13(23-2)9-15(14)19-20-16/h5-6,9-12H,3-4,7-8H2,1-2H3,(H,18,22)(H,19,20)/t10-,11+,12-. The van der Waals surface area contributed by atoms with E-state index >= 15 is 0 Å². The van der Waals surface area contributed by atoms with Crippen LogP contribution in [0.1, 0.15) is 36.2 Å². The molecule has 0 saturated carbocycles. The first kappa shape index (κ1) is 14.5. The normalized spacial score (nSPS) is 27.3. The van der Waals surface area contributed by atoms with Crippen molar-refractivity contribution in [2.75, 3.05) is 14.2 Å². The van der Waals surface area contributed by atoms with Crippen LogP contribution in [0.5, 0.6) is 5.75 Å². The van der Waals surface area contributed by atoms with Crippen LogP contribution in [-0.2, 0) is 0 Å². The van der Waals surface area contributed by atoms with Crippen LogP contribution in [0.15, 0.2) is 18.2 Å². The van der Waals surface area contributed by atoms with Crippen LogP contribution in [0.2, 0.25) is 0 Å². The van der Waals surface area contributed by atoms with Crippen molar-refractivity contribution >= 4 is 16.8 Å². The van der Waals surface area contributed by atoms with E-state index in [1.165, 1.54) is 12.8 Å². The number of amides is 1. The number of aromatic amines is 1. The highest BCUT2D eigenvalue weighted by Gasteiger charge is 2.39. The lowest BCUT2D eigenvalue weighted by atomic mass is 9.98. The first-order valence-electron chi connectivity index (χ1n) is 8.20. The number of fused-ring (bicyclic) bond motifs is 3. The number of aromatic nitrogens is 2. The number of methoxy groups -OCH3 is 1. The summed E-state index contributed by atoms with van der Waals surface area (Å²) in [5, 5.41) is 11.1. The van der Waals surface area contributed by atoms with Gasteiger partial charge in [-0.3, -0.25) is 9.89 Å². The van der Waals surface area contributed by atoms with Gasteiger partial charge in [-0.1, -0.05) is 0 Å². The number of rotatable bonds is 3. The zero-order valence-corrected chi connectivity index (χ0v) is 13.5. The quantitative estimate of drug-likeness (QED) is 0.908. The number of nitrogens with zero attached hydrogens (tertiary/aromatic N) is 2. The zero-order chi connectivity index (χ0) is 16.0. The Morgan fingerprint density at radius 2 is 2.09 bits per heavy atom. The summed E-state index contributed by atoms with van der Waals surface area (Å²) >= 11 is 0. The van der Waals surface area contributed by atoms with Crippen LogP contribution in [0.3, 0.4) is 0 Å². The number of benzene rings is 1. The Kier molecular flexibility index (Phi) is 3.49. The van der Waals surface area contributed by atoms with Crippen molar-refractivity contribution in [1.82, 2.24) is 20.4 Å². The van der Waals surface area contributed by atoms with E-state index in [-0.39, 0.29) is 11.9 Å². The van der Waals surface area contributed by atoms with Crippen LogP contribution < -0.4 is 10.1 Å². The van der Waals surface area contributed by atoms with Gasteiger partial charge < -0.3 is 15.0 Å². The Hall–Kier alpha value is -2.08. The fourth-order valence-electron chi connectivity index (χ4n) is 4.08. The maximum Gasteiger partial charge on any atom is 0.272 e. The average molecular weight is 314 g/mol. The molecule has 0 unspecified atom stereocenters. The minimum atomic E-state index is -0.0876. The van der Waals surface area contributed by atoms with E-state index in [1.54, 1.807) is 7.11 Å². The lowest BCUT2D eigenvalue weighted by Gasteiger charge is -2.36. The molecule has 2 saturated heterocycles. The van der Waals surface area contributed by atoms with Crippen LogP contribution in [0, 0.1) is 0 Å². The van der Waals surface area contributed by atoms with Crippen LogP contribution in [0.4, 0.5) is 0 Å². The third-order valence-corrected chi connectivity index (χ3v) is 5.42. The summed E-state index contributed by atoms with van der Waals surface area (Å²) < 4.78 is 5.20. The van der Waals surface area contributed by atoms with Gasteiger partial charge in [0.25, 0.3) is 5.91 Å². The molecule has 1 amide bonds. The third kappa shape index (κ3) is 2.47. The SMILES string of the molecule is COc1ccc2c(C(=O)N[C@H]3C[C@H]4CC[C@@H](C3)N4C)n[nH]c2c1. The van der Waals surface area contributed by atoms with Crippen LogP contribution >= 0.6 is 0 Å². The van der Waals surface area contributed by atoms with E-state index in [0.717, 1.165) is 29.5 Å². The number of nitrogens with one attached hydrogen (secondary N) is 2. The Bertz CT molecular complexity index is 727. The van der Waals surface area contributed by atoms with Gasteiger partial charge in [0.15, 0.2) is 5.69 Å². The van der Waals surface area contributed by atoms with E-state index < -0.39 is 0 Å². The molecule has 1 aromatic heterocycles. The van der Waals surface area contributed by atoms with E-state index in [1.807, 2.05) is 18.2 Å². The number of piperidine rings is 1. The van der Waals surface area contributed by atoms with Gasteiger partial charge in [-0.05, 0) is 44.9 Å². The molecule has 6 heteroatoms. The molecule has 3 heterocycles. The number of carbonyl (C=O) groups excluding carboxylic acids is 1. The summed E-state index contributed by atoms with van der Waals surface area (Å²) in [6, 6.07) is 7.06. The van der Waals surface area contributed by atoms with E-state index in [0.29, 0.717) is 17.8 Å². The number of ether oxygens (including phenoxy) is 1. The summed E-state index contributed by atoms with van der Waals surface area (Å²) in [4.78, 5) is 15.1. The number of H-pyrrole nitrogens is 1. The molecular formula is C17H22N4O2. The summed E-state index contributed by atoms with van der Waals surface area (Å²) in [7, 11) is 3.83. The zero-order valence-electron chi connectivity index (χ0n) is 13.5. The van der Waals surface area contributed by atoms with E-state index in [4.69, 9.17) is 4.74 Å². The molecule has 0 radical (unpaired) electrons. The van der Waals surface area contributed by atoms with Crippen LogP contribution in [0.25, 0.3) is 10.9 Å². The lowest BCUT2D eigenvalue weighted by molar-refractivity contribution is 0.0879. The first-order chi connectivity index (χ1) is 11.2. The Balaban J connectivity index is 1.51. The molecule has 23 heavy (non-hydrogen) atoms. The van der Waals surface area contributed by atoms with Crippen molar-refractivity contribution in [3.63, 3.8) is 0 Å². The van der Waals surface area contributed by atoms with E-state index in [2.05, 4.69) is 27.5 Å². The Morgan fingerprint density at radius 3 is 2.78 bits per heavy atom. The maximum atomic E-state index is 12.6. The van der Waals surface area contributed by atoms with Crippen LogP contribution in [-0.4, -0.2) is 53.3 Å². The van der Waals surface area contributed by atoms with Crippen molar-refractivity contribution < 1.29 is 9.53 Å².